The Bertz CT molecular complexity index is 528. The summed E-state index contributed by atoms with van der Waals surface area (Å²) in [4.78, 5) is 15.5. The van der Waals surface area contributed by atoms with Crippen LogP contribution in [0.15, 0.2) is 53.6 Å². The summed E-state index contributed by atoms with van der Waals surface area (Å²) in [7, 11) is 0. The molecule has 2 aromatic rings. The summed E-state index contributed by atoms with van der Waals surface area (Å²) in [5, 5.41) is 8.84. The van der Waals surface area contributed by atoms with Crippen LogP contribution >= 0.6 is 11.8 Å². The van der Waals surface area contributed by atoms with Crippen molar-refractivity contribution >= 4 is 17.7 Å². The van der Waals surface area contributed by atoms with Crippen molar-refractivity contribution in [3.8, 4) is 0 Å². The molecule has 0 aliphatic heterocycles. The van der Waals surface area contributed by atoms with Gasteiger partial charge in [0.2, 0.25) is 0 Å². The van der Waals surface area contributed by atoms with Gasteiger partial charge in [0.05, 0.1) is 0 Å². The molecule has 0 unspecified atom stereocenters. The number of aromatic carboxylic acids is 1. The Hall–Kier alpha value is -1.81. The Labute approximate surface area is 110 Å². The smallest absolute Gasteiger partial charge is 0.354 e. The molecule has 0 saturated carbocycles. The number of carboxylic acids is 1. The van der Waals surface area contributed by atoms with E-state index in [1.54, 1.807) is 17.8 Å². The van der Waals surface area contributed by atoms with Crippen LogP contribution in [-0.4, -0.2) is 21.8 Å². The molecule has 1 aromatic heterocycles. The number of aromatic nitrogens is 1. The lowest BCUT2D eigenvalue weighted by Crippen LogP contribution is -1.99. The molecule has 3 nitrogen and oxygen atoms in total. The highest BCUT2D eigenvalue weighted by Gasteiger charge is 2.05. The molecule has 0 bridgehead atoms. The number of hydrogen-bond acceptors (Lipinski definition) is 3. The second-order valence-electron chi connectivity index (χ2n) is 3.77. The number of thioether (sulfide) groups is 1. The fourth-order valence-corrected chi connectivity index (χ4v) is 2.47. The van der Waals surface area contributed by atoms with Gasteiger partial charge in [-0.2, -0.15) is 0 Å². The van der Waals surface area contributed by atoms with Crippen LogP contribution in [0.3, 0.4) is 0 Å². The van der Waals surface area contributed by atoms with Crippen LogP contribution in [0, 0.1) is 0 Å². The largest absolute Gasteiger partial charge is 0.477 e. The van der Waals surface area contributed by atoms with Crippen LogP contribution in [0.5, 0.6) is 0 Å². The summed E-state index contributed by atoms with van der Waals surface area (Å²) in [6, 6.07) is 13.7. The van der Waals surface area contributed by atoms with Crippen molar-refractivity contribution in [3.05, 3.63) is 59.9 Å². The molecule has 0 amide bonds. The summed E-state index contributed by atoms with van der Waals surface area (Å²) in [6.07, 6.45) is 2.50. The van der Waals surface area contributed by atoms with Crippen molar-refractivity contribution in [1.82, 2.24) is 4.98 Å². The van der Waals surface area contributed by atoms with Crippen LogP contribution in [-0.2, 0) is 6.42 Å². The van der Waals surface area contributed by atoms with Gasteiger partial charge in [-0.05, 0) is 24.1 Å². The molecule has 18 heavy (non-hydrogen) atoms. The van der Waals surface area contributed by atoms with Crippen LogP contribution in [0.2, 0.25) is 0 Å². The van der Waals surface area contributed by atoms with Crippen molar-refractivity contribution in [1.29, 1.82) is 0 Å². The summed E-state index contributed by atoms with van der Waals surface area (Å²) >= 11 is 1.64. The van der Waals surface area contributed by atoms with Crippen LogP contribution in [0.25, 0.3) is 0 Å². The van der Waals surface area contributed by atoms with Crippen molar-refractivity contribution < 1.29 is 9.90 Å². The molecule has 92 valence electrons. The summed E-state index contributed by atoms with van der Waals surface area (Å²) < 4.78 is 0. The third-order valence-electron chi connectivity index (χ3n) is 2.45. The number of hydrogen-bond donors (Lipinski definition) is 1. The number of carbonyl (C=O) groups is 1. The summed E-state index contributed by atoms with van der Waals surface area (Å²) in [6.45, 7) is 0. The Kier molecular flexibility index (Phi) is 4.36. The molecule has 2 rings (SSSR count). The molecular formula is C14H13NO2S. The second kappa shape index (κ2) is 6.21. The molecule has 0 aliphatic carbocycles. The van der Waals surface area contributed by atoms with E-state index in [0.29, 0.717) is 0 Å². The molecule has 0 aliphatic rings. The van der Waals surface area contributed by atoms with Crippen LogP contribution < -0.4 is 0 Å². The minimum Gasteiger partial charge on any atom is -0.477 e. The standard InChI is InChI=1S/C14H13NO2S/c16-14(17)13-10-12(6-8-15-13)18-9-7-11-4-2-1-3-5-11/h1-6,8,10H,7,9H2,(H,16,17). The van der Waals surface area contributed by atoms with E-state index < -0.39 is 5.97 Å². The van der Waals surface area contributed by atoms with Gasteiger partial charge >= 0.3 is 5.97 Å². The maximum atomic E-state index is 10.8. The van der Waals surface area contributed by atoms with Gasteiger partial charge in [-0.3, -0.25) is 0 Å². The van der Waals surface area contributed by atoms with E-state index in [1.165, 1.54) is 11.8 Å². The van der Waals surface area contributed by atoms with Gasteiger partial charge in [0, 0.05) is 16.8 Å². The molecule has 0 fully saturated rings. The molecule has 0 atom stereocenters. The summed E-state index contributed by atoms with van der Waals surface area (Å²) in [5.41, 5.74) is 1.39. The number of aryl methyl sites for hydroxylation is 1. The molecule has 0 saturated heterocycles. The molecule has 1 N–H and O–H groups in total. The molecule has 1 aromatic carbocycles. The van der Waals surface area contributed by atoms with Crippen LogP contribution in [0.1, 0.15) is 16.1 Å². The zero-order valence-electron chi connectivity index (χ0n) is 9.74. The highest BCUT2D eigenvalue weighted by Crippen LogP contribution is 2.19. The van der Waals surface area contributed by atoms with E-state index in [4.69, 9.17) is 5.11 Å². The maximum Gasteiger partial charge on any atom is 0.354 e. The van der Waals surface area contributed by atoms with Gasteiger partial charge in [-0.15, -0.1) is 11.8 Å². The Balaban J connectivity index is 1.90. The van der Waals surface area contributed by atoms with Crippen LogP contribution in [0.4, 0.5) is 0 Å². The first-order chi connectivity index (χ1) is 8.75. The Morgan fingerprint density at radius 2 is 2.00 bits per heavy atom. The zero-order chi connectivity index (χ0) is 12.8. The minimum absolute atomic E-state index is 0.0970. The summed E-state index contributed by atoms with van der Waals surface area (Å²) in [5.74, 6) is -0.0619. The predicted molar refractivity (Wildman–Crippen MR) is 72.1 cm³/mol. The number of carboxylic acid groups (broad SMARTS) is 1. The van der Waals surface area contributed by atoms with Gasteiger partial charge < -0.3 is 5.11 Å². The van der Waals surface area contributed by atoms with Crippen molar-refractivity contribution in [2.45, 2.75) is 11.3 Å². The quantitative estimate of drug-likeness (QED) is 0.838. The van der Waals surface area contributed by atoms with E-state index >= 15 is 0 Å². The predicted octanol–water partition coefficient (Wildman–Crippen LogP) is 3.11. The van der Waals surface area contributed by atoms with E-state index in [0.717, 1.165) is 17.1 Å². The van der Waals surface area contributed by atoms with Crippen molar-refractivity contribution in [2.24, 2.45) is 0 Å². The van der Waals surface area contributed by atoms with E-state index in [9.17, 15) is 4.79 Å². The number of benzene rings is 1. The van der Waals surface area contributed by atoms with Gasteiger partial charge in [0.15, 0.2) is 0 Å². The second-order valence-corrected chi connectivity index (χ2v) is 4.93. The molecular weight excluding hydrogens is 246 g/mol. The molecule has 4 heteroatoms. The molecule has 0 radical (unpaired) electrons. The average molecular weight is 259 g/mol. The van der Waals surface area contributed by atoms with Gasteiger partial charge in [-0.1, -0.05) is 30.3 Å². The zero-order valence-corrected chi connectivity index (χ0v) is 10.6. The maximum absolute atomic E-state index is 10.8. The first-order valence-corrected chi connectivity index (χ1v) is 6.60. The van der Waals surface area contributed by atoms with Gasteiger partial charge in [0.1, 0.15) is 5.69 Å². The highest BCUT2D eigenvalue weighted by molar-refractivity contribution is 7.99. The van der Waals surface area contributed by atoms with E-state index in [1.807, 2.05) is 24.3 Å². The highest BCUT2D eigenvalue weighted by atomic mass is 32.2. The number of pyridine rings is 1. The topological polar surface area (TPSA) is 50.2 Å². The first kappa shape index (κ1) is 12.6. The number of rotatable bonds is 5. The fraction of sp³-hybridized carbons (Fsp3) is 0.143. The number of nitrogens with zero attached hydrogens (tertiary/aromatic N) is 1. The minimum atomic E-state index is -0.986. The van der Waals surface area contributed by atoms with Crippen molar-refractivity contribution in [2.75, 3.05) is 5.75 Å². The third-order valence-corrected chi connectivity index (χ3v) is 3.45. The van der Waals surface area contributed by atoms with Crippen molar-refractivity contribution in [3.63, 3.8) is 0 Å². The monoisotopic (exact) mass is 259 g/mol. The molecule has 1 heterocycles. The lowest BCUT2D eigenvalue weighted by atomic mass is 10.2. The first-order valence-electron chi connectivity index (χ1n) is 5.62. The Morgan fingerprint density at radius 3 is 2.72 bits per heavy atom. The average Bonchev–Trinajstić information content (AvgIpc) is 2.40. The Morgan fingerprint density at radius 1 is 1.22 bits per heavy atom. The normalized spacial score (nSPS) is 10.2. The SMILES string of the molecule is O=C(O)c1cc(SCCc2ccccc2)ccn1. The van der Waals surface area contributed by atoms with Gasteiger partial charge in [0.25, 0.3) is 0 Å². The van der Waals surface area contributed by atoms with Gasteiger partial charge in [-0.25, -0.2) is 9.78 Å². The lowest BCUT2D eigenvalue weighted by Gasteiger charge is -2.02. The third kappa shape index (κ3) is 3.60. The lowest BCUT2D eigenvalue weighted by molar-refractivity contribution is 0.0690. The van der Waals surface area contributed by atoms with E-state index in [2.05, 4.69) is 17.1 Å². The fourth-order valence-electron chi connectivity index (χ4n) is 1.55. The van der Waals surface area contributed by atoms with E-state index in [-0.39, 0.29) is 5.69 Å². The molecule has 0 spiro atoms.